The Labute approximate surface area is 172 Å². The molecule has 0 radical (unpaired) electrons. The van der Waals surface area contributed by atoms with Gasteiger partial charge in [0.1, 0.15) is 0 Å². The third kappa shape index (κ3) is 3.58. The normalized spacial score (nSPS) is 32.6. The summed E-state index contributed by atoms with van der Waals surface area (Å²) in [5.41, 5.74) is 3.67. The van der Waals surface area contributed by atoms with E-state index in [1.54, 1.807) is 0 Å². The first-order valence-corrected chi connectivity index (χ1v) is 14.2. The molecule has 2 aliphatic rings. The van der Waals surface area contributed by atoms with E-state index in [-0.39, 0.29) is 23.4 Å². The fourth-order valence-electron chi connectivity index (χ4n) is 5.80. The summed E-state index contributed by atoms with van der Waals surface area (Å²) in [5, 5.41) is 0. The van der Waals surface area contributed by atoms with Crippen LogP contribution >= 0.6 is 0 Å². The topological polar surface area (TPSA) is 35.5 Å². The van der Waals surface area contributed by atoms with Gasteiger partial charge in [-0.25, -0.2) is 0 Å². The maximum atomic E-state index is 12.9. The molecule has 0 bridgehead atoms. The highest BCUT2D eigenvalue weighted by molar-refractivity contribution is 6.69. The van der Waals surface area contributed by atoms with Crippen molar-refractivity contribution in [3.05, 3.63) is 34.9 Å². The zero-order valence-electron chi connectivity index (χ0n) is 19.0. The molecule has 0 N–H and O–H groups in total. The van der Waals surface area contributed by atoms with E-state index in [1.165, 1.54) is 23.8 Å². The van der Waals surface area contributed by atoms with Crippen LogP contribution < -0.4 is 0 Å². The van der Waals surface area contributed by atoms with Gasteiger partial charge in [0.15, 0.2) is 8.32 Å². The summed E-state index contributed by atoms with van der Waals surface area (Å²) in [4.78, 5) is 12.9. The number of benzene rings is 1. The van der Waals surface area contributed by atoms with Crippen LogP contribution in [0, 0.1) is 11.3 Å². The number of rotatable bonds is 4. The van der Waals surface area contributed by atoms with Crippen molar-refractivity contribution in [3.8, 4) is 0 Å². The number of esters is 1. The Morgan fingerprint density at radius 1 is 1.18 bits per heavy atom. The first-order valence-electron chi connectivity index (χ1n) is 10.8. The molecule has 1 saturated carbocycles. The minimum Gasteiger partial charge on any atom is -0.469 e. The monoisotopic (exact) mass is 402 g/mol. The number of hydrogen-bond donors (Lipinski definition) is 0. The Balaban J connectivity index is 2.16. The molecule has 0 aromatic heterocycles. The molecule has 0 aliphatic heterocycles. The van der Waals surface area contributed by atoms with E-state index in [9.17, 15) is 4.79 Å². The van der Waals surface area contributed by atoms with Crippen molar-refractivity contribution in [1.82, 2.24) is 0 Å². The van der Waals surface area contributed by atoms with Crippen LogP contribution in [0.15, 0.2) is 18.2 Å². The maximum Gasteiger partial charge on any atom is 0.311 e. The lowest BCUT2D eigenvalue weighted by Gasteiger charge is -2.56. The molecule has 0 heterocycles. The van der Waals surface area contributed by atoms with Crippen LogP contribution in [0.5, 0.6) is 0 Å². The SMILES string of the molecule is COC(=O)[C@]1(C)CCC[C@]2(C)c3ccc(C(C)C)cc3[C@@H](O[Si](C)(C)C)C[C@@H]12. The Morgan fingerprint density at radius 2 is 1.86 bits per heavy atom. The van der Waals surface area contributed by atoms with E-state index in [2.05, 4.69) is 65.5 Å². The summed E-state index contributed by atoms with van der Waals surface area (Å²) >= 11 is 0. The first kappa shape index (κ1) is 21.6. The van der Waals surface area contributed by atoms with Gasteiger partial charge in [0.25, 0.3) is 0 Å². The second-order valence-electron chi connectivity index (χ2n) is 10.7. The van der Waals surface area contributed by atoms with Crippen molar-refractivity contribution >= 4 is 14.3 Å². The lowest BCUT2D eigenvalue weighted by atomic mass is 9.49. The van der Waals surface area contributed by atoms with Gasteiger partial charge in [-0.3, -0.25) is 4.79 Å². The molecule has 28 heavy (non-hydrogen) atoms. The number of carbonyl (C=O) groups is 1. The summed E-state index contributed by atoms with van der Waals surface area (Å²) in [5.74, 6) is 0.674. The molecule has 2 aliphatic carbocycles. The van der Waals surface area contributed by atoms with Gasteiger partial charge in [0, 0.05) is 0 Å². The number of ether oxygens (including phenoxy) is 1. The van der Waals surface area contributed by atoms with Crippen LogP contribution in [-0.4, -0.2) is 21.4 Å². The van der Waals surface area contributed by atoms with Gasteiger partial charge in [0.05, 0.1) is 18.6 Å². The van der Waals surface area contributed by atoms with E-state index in [0.29, 0.717) is 5.92 Å². The van der Waals surface area contributed by atoms with Gasteiger partial charge in [-0.2, -0.15) is 0 Å². The van der Waals surface area contributed by atoms with Crippen LogP contribution in [-0.2, 0) is 19.4 Å². The fraction of sp³-hybridized carbons (Fsp3) is 0.708. The lowest BCUT2D eigenvalue weighted by Crippen LogP contribution is -2.54. The average molecular weight is 403 g/mol. The van der Waals surface area contributed by atoms with Crippen molar-refractivity contribution in [2.75, 3.05) is 7.11 Å². The molecule has 4 heteroatoms. The molecular formula is C24H38O3Si. The highest BCUT2D eigenvalue weighted by Crippen LogP contribution is 2.60. The minimum absolute atomic E-state index is 0.00860. The zero-order chi connectivity index (χ0) is 20.9. The second-order valence-corrected chi connectivity index (χ2v) is 15.1. The second kappa shape index (κ2) is 7.28. The lowest BCUT2D eigenvalue weighted by molar-refractivity contribution is -0.162. The van der Waals surface area contributed by atoms with Gasteiger partial charge < -0.3 is 9.16 Å². The molecule has 0 spiro atoms. The molecule has 156 valence electrons. The maximum absolute atomic E-state index is 12.9. The van der Waals surface area contributed by atoms with Crippen molar-refractivity contribution in [3.63, 3.8) is 0 Å². The Morgan fingerprint density at radius 3 is 2.43 bits per heavy atom. The smallest absolute Gasteiger partial charge is 0.311 e. The van der Waals surface area contributed by atoms with E-state index < -0.39 is 13.7 Å². The third-order valence-electron chi connectivity index (χ3n) is 7.23. The molecule has 1 aromatic rings. The number of carbonyl (C=O) groups excluding carboxylic acids is 1. The predicted molar refractivity (Wildman–Crippen MR) is 117 cm³/mol. The van der Waals surface area contributed by atoms with E-state index in [4.69, 9.17) is 9.16 Å². The van der Waals surface area contributed by atoms with Crippen LogP contribution in [0.1, 0.15) is 82.1 Å². The van der Waals surface area contributed by atoms with E-state index >= 15 is 0 Å². The van der Waals surface area contributed by atoms with Crippen molar-refractivity contribution in [2.24, 2.45) is 11.3 Å². The first-order chi connectivity index (χ1) is 12.9. The van der Waals surface area contributed by atoms with E-state index in [1.807, 2.05) is 0 Å². The highest BCUT2D eigenvalue weighted by atomic mass is 28.4. The van der Waals surface area contributed by atoms with Crippen LogP contribution in [0.25, 0.3) is 0 Å². The summed E-state index contributed by atoms with van der Waals surface area (Å²) in [6, 6.07) is 7.00. The molecule has 4 atom stereocenters. The summed E-state index contributed by atoms with van der Waals surface area (Å²) in [6.45, 7) is 15.8. The number of methoxy groups -OCH3 is 1. The Kier molecular flexibility index (Phi) is 5.61. The average Bonchev–Trinajstić information content (AvgIpc) is 2.61. The largest absolute Gasteiger partial charge is 0.469 e. The molecule has 0 unspecified atom stereocenters. The summed E-state index contributed by atoms with van der Waals surface area (Å²) in [6.07, 6.45) is 4.06. The van der Waals surface area contributed by atoms with Gasteiger partial charge in [-0.05, 0) is 79.8 Å². The molecule has 0 saturated heterocycles. The molecule has 3 nitrogen and oxygen atoms in total. The van der Waals surface area contributed by atoms with Crippen LogP contribution in [0.2, 0.25) is 19.6 Å². The van der Waals surface area contributed by atoms with Crippen LogP contribution in [0.3, 0.4) is 0 Å². The predicted octanol–water partition coefficient (Wildman–Crippen LogP) is 6.34. The highest BCUT2D eigenvalue weighted by Gasteiger charge is 2.57. The van der Waals surface area contributed by atoms with Gasteiger partial charge >= 0.3 is 5.97 Å². The van der Waals surface area contributed by atoms with Gasteiger partial charge in [-0.15, -0.1) is 0 Å². The number of fused-ring (bicyclic) bond motifs is 3. The number of hydrogen-bond acceptors (Lipinski definition) is 3. The van der Waals surface area contributed by atoms with Gasteiger partial charge in [-0.1, -0.05) is 45.4 Å². The summed E-state index contributed by atoms with van der Waals surface area (Å²) < 4.78 is 12.0. The Bertz CT molecular complexity index is 751. The Hall–Kier alpha value is -1.13. The molecule has 0 amide bonds. The van der Waals surface area contributed by atoms with Crippen LogP contribution in [0.4, 0.5) is 0 Å². The zero-order valence-corrected chi connectivity index (χ0v) is 20.0. The molecular weight excluding hydrogens is 364 g/mol. The van der Waals surface area contributed by atoms with Crippen molar-refractivity contribution < 1.29 is 14.0 Å². The fourth-order valence-corrected chi connectivity index (χ4v) is 6.88. The molecule has 1 fully saturated rings. The third-order valence-corrected chi connectivity index (χ3v) is 8.22. The standard InChI is InChI=1S/C24H38O3Si/c1-16(2)17-10-11-19-18(14-17)20(27-28(6,7)8)15-21-23(19,3)12-9-13-24(21,4)22(25)26-5/h10-11,14,16,20-21H,9,12-13,15H2,1-8H3/t20-,21+,23+,24+/m0/s1. The molecule has 3 rings (SSSR count). The minimum atomic E-state index is -1.74. The molecule has 1 aromatic carbocycles. The van der Waals surface area contributed by atoms with Crippen molar-refractivity contribution in [2.45, 2.75) is 90.5 Å². The summed E-state index contributed by atoms with van der Waals surface area (Å²) in [7, 11) is -0.208. The quantitative estimate of drug-likeness (QED) is 0.435. The van der Waals surface area contributed by atoms with Gasteiger partial charge in [0.2, 0.25) is 0 Å². The van der Waals surface area contributed by atoms with E-state index in [0.717, 1.165) is 25.7 Å². The van der Waals surface area contributed by atoms with Crippen molar-refractivity contribution in [1.29, 1.82) is 0 Å².